The summed E-state index contributed by atoms with van der Waals surface area (Å²) in [6.07, 6.45) is 1.51. The van der Waals surface area contributed by atoms with Crippen LogP contribution in [0.15, 0.2) is 24.3 Å². The molecule has 2 aliphatic rings. The number of fused-ring (bicyclic) bond motifs is 2. The zero-order valence-corrected chi connectivity index (χ0v) is 10.1. The molecule has 1 aliphatic heterocycles. The molecule has 1 N–H and O–H groups in total. The maximum Gasteiger partial charge on any atom is 0.141 e. The van der Waals surface area contributed by atoms with E-state index in [-0.39, 0.29) is 18.3 Å². The van der Waals surface area contributed by atoms with E-state index in [4.69, 9.17) is 5.26 Å². The van der Waals surface area contributed by atoms with Crippen LogP contribution in [0, 0.1) is 17.2 Å². The van der Waals surface area contributed by atoms with Crippen molar-refractivity contribution in [3.8, 4) is 6.07 Å². The first-order valence-electron chi connectivity index (χ1n) is 5.65. The molecule has 3 unspecified atom stereocenters. The molecule has 90 valence electrons. The Hall–Kier alpha value is -1.11. The molecule has 1 saturated heterocycles. The first kappa shape index (κ1) is 12.3. The standard InChI is InChI=1S/C13H13FN2.ClH/c14-13(6-12-5-11(13)8-16-12)10-3-1-9(7-15)2-4-10;/h1-4,11-12,16H,5-6,8H2;1H. The molecule has 0 aromatic heterocycles. The molecule has 2 nitrogen and oxygen atoms in total. The molecule has 0 spiro atoms. The Balaban J connectivity index is 0.00000108. The van der Waals surface area contributed by atoms with Crippen molar-refractivity contribution in [1.29, 1.82) is 5.26 Å². The third-order valence-electron chi connectivity index (χ3n) is 3.91. The van der Waals surface area contributed by atoms with Gasteiger partial charge in [0.15, 0.2) is 0 Å². The van der Waals surface area contributed by atoms with E-state index in [9.17, 15) is 4.39 Å². The SMILES string of the molecule is Cl.N#Cc1ccc(C2(F)CC3CC2CN3)cc1. The van der Waals surface area contributed by atoms with Crippen LogP contribution in [0.3, 0.4) is 0 Å². The lowest BCUT2D eigenvalue weighted by molar-refractivity contribution is 0.0936. The predicted octanol–water partition coefficient (Wildman–Crippen LogP) is 2.53. The molecule has 1 saturated carbocycles. The Bertz CT molecular complexity index is 453. The summed E-state index contributed by atoms with van der Waals surface area (Å²) in [5.74, 6) is 0.102. The fourth-order valence-corrected chi connectivity index (χ4v) is 3.02. The summed E-state index contributed by atoms with van der Waals surface area (Å²) in [4.78, 5) is 0. The van der Waals surface area contributed by atoms with Crippen LogP contribution in [-0.2, 0) is 5.67 Å². The average molecular weight is 253 g/mol. The largest absolute Gasteiger partial charge is 0.313 e. The number of hydrogen-bond acceptors (Lipinski definition) is 2. The van der Waals surface area contributed by atoms with Crippen molar-refractivity contribution in [2.45, 2.75) is 24.6 Å². The predicted molar refractivity (Wildman–Crippen MR) is 65.7 cm³/mol. The zero-order valence-electron chi connectivity index (χ0n) is 9.32. The number of piperidine rings is 1. The van der Waals surface area contributed by atoms with E-state index >= 15 is 0 Å². The van der Waals surface area contributed by atoms with Gasteiger partial charge in [-0.3, -0.25) is 0 Å². The van der Waals surface area contributed by atoms with Gasteiger partial charge in [0.1, 0.15) is 5.67 Å². The van der Waals surface area contributed by atoms with E-state index in [0.717, 1.165) is 18.5 Å². The highest BCUT2D eigenvalue weighted by Gasteiger charge is 2.52. The van der Waals surface area contributed by atoms with Gasteiger partial charge in [0.25, 0.3) is 0 Å². The van der Waals surface area contributed by atoms with E-state index < -0.39 is 5.67 Å². The Labute approximate surface area is 106 Å². The van der Waals surface area contributed by atoms with Crippen LogP contribution in [0.1, 0.15) is 24.0 Å². The van der Waals surface area contributed by atoms with Crippen LogP contribution in [0.4, 0.5) is 4.39 Å². The summed E-state index contributed by atoms with van der Waals surface area (Å²) < 4.78 is 14.9. The van der Waals surface area contributed by atoms with Crippen LogP contribution in [-0.4, -0.2) is 12.6 Å². The van der Waals surface area contributed by atoms with Gasteiger partial charge in [0.05, 0.1) is 11.6 Å². The third-order valence-corrected chi connectivity index (χ3v) is 3.91. The highest BCUT2D eigenvalue weighted by atomic mass is 35.5. The van der Waals surface area contributed by atoms with Crippen molar-refractivity contribution in [1.82, 2.24) is 5.32 Å². The number of nitriles is 1. The fraction of sp³-hybridized carbons (Fsp3) is 0.462. The van der Waals surface area contributed by atoms with Gasteiger partial charge >= 0.3 is 0 Å². The molecule has 3 atom stereocenters. The van der Waals surface area contributed by atoms with Crippen LogP contribution < -0.4 is 5.32 Å². The lowest BCUT2D eigenvalue weighted by Gasteiger charge is -2.30. The van der Waals surface area contributed by atoms with E-state index in [0.29, 0.717) is 18.0 Å². The summed E-state index contributed by atoms with van der Waals surface area (Å²) in [6, 6.07) is 9.33. The Kier molecular flexibility index (Phi) is 3.11. The molecule has 4 heteroatoms. The van der Waals surface area contributed by atoms with Crippen LogP contribution >= 0.6 is 12.4 Å². The molecule has 3 rings (SSSR count). The molecule has 1 aromatic carbocycles. The second-order valence-corrected chi connectivity index (χ2v) is 4.79. The van der Waals surface area contributed by atoms with Crippen molar-refractivity contribution in [2.24, 2.45) is 5.92 Å². The van der Waals surface area contributed by atoms with Crippen molar-refractivity contribution in [3.05, 3.63) is 35.4 Å². The van der Waals surface area contributed by atoms with Gasteiger partial charge in [-0.1, -0.05) is 12.1 Å². The van der Waals surface area contributed by atoms with Gasteiger partial charge < -0.3 is 5.32 Å². The molecule has 1 aromatic rings. The lowest BCUT2D eigenvalue weighted by Crippen LogP contribution is -2.38. The molecule has 1 heterocycles. The Morgan fingerprint density at radius 2 is 2.06 bits per heavy atom. The fourth-order valence-electron chi connectivity index (χ4n) is 3.02. The topological polar surface area (TPSA) is 35.8 Å². The summed E-state index contributed by atoms with van der Waals surface area (Å²) in [6.45, 7) is 0.779. The minimum Gasteiger partial charge on any atom is -0.313 e. The first-order chi connectivity index (χ1) is 7.72. The quantitative estimate of drug-likeness (QED) is 0.834. The average Bonchev–Trinajstić information content (AvgIpc) is 2.89. The number of rotatable bonds is 1. The molecule has 0 radical (unpaired) electrons. The number of halogens is 2. The lowest BCUT2D eigenvalue weighted by atomic mass is 9.84. The molecule has 17 heavy (non-hydrogen) atoms. The van der Waals surface area contributed by atoms with Gasteiger partial charge in [-0.15, -0.1) is 12.4 Å². The van der Waals surface area contributed by atoms with E-state index in [2.05, 4.69) is 11.4 Å². The van der Waals surface area contributed by atoms with E-state index in [1.165, 1.54) is 0 Å². The highest BCUT2D eigenvalue weighted by Crippen LogP contribution is 2.49. The van der Waals surface area contributed by atoms with Crippen LogP contribution in [0.25, 0.3) is 0 Å². The first-order valence-corrected chi connectivity index (χ1v) is 5.65. The Morgan fingerprint density at radius 3 is 2.53 bits per heavy atom. The number of hydrogen-bond donors (Lipinski definition) is 1. The van der Waals surface area contributed by atoms with Crippen molar-refractivity contribution in [2.75, 3.05) is 6.54 Å². The number of nitrogens with one attached hydrogen (secondary N) is 1. The van der Waals surface area contributed by atoms with Gasteiger partial charge in [0.2, 0.25) is 0 Å². The minimum absolute atomic E-state index is 0. The molecule has 2 bridgehead atoms. The normalized spacial score (nSPS) is 34.1. The number of nitrogens with zero attached hydrogens (tertiary/aromatic N) is 1. The van der Waals surface area contributed by atoms with E-state index in [1.807, 2.05) is 0 Å². The molecular weight excluding hydrogens is 239 g/mol. The van der Waals surface area contributed by atoms with E-state index in [1.54, 1.807) is 24.3 Å². The maximum atomic E-state index is 14.9. The maximum absolute atomic E-state index is 14.9. The molecule has 1 aliphatic carbocycles. The number of alkyl halides is 1. The monoisotopic (exact) mass is 252 g/mol. The minimum atomic E-state index is -1.18. The third kappa shape index (κ3) is 1.82. The smallest absolute Gasteiger partial charge is 0.141 e. The summed E-state index contributed by atoms with van der Waals surface area (Å²) in [5, 5.41) is 12.0. The molecular formula is C13H14ClFN2. The zero-order chi connectivity index (χ0) is 11.2. The summed E-state index contributed by atoms with van der Waals surface area (Å²) in [5.41, 5.74) is 0.151. The van der Waals surface area contributed by atoms with Gasteiger partial charge in [-0.25, -0.2) is 4.39 Å². The van der Waals surface area contributed by atoms with Crippen molar-refractivity contribution >= 4 is 12.4 Å². The second-order valence-electron chi connectivity index (χ2n) is 4.79. The molecule has 2 fully saturated rings. The number of benzene rings is 1. The summed E-state index contributed by atoms with van der Waals surface area (Å²) >= 11 is 0. The summed E-state index contributed by atoms with van der Waals surface area (Å²) in [7, 11) is 0. The van der Waals surface area contributed by atoms with Gasteiger partial charge in [0, 0.05) is 24.9 Å². The highest BCUT2D eigenvalue weighted by molar-refractivity contribution is 5.85. The second kappa shape index (κ2) is 4.29. The van der Waals surface area contributed by atoms with Gasteiger partial charge in [-0.2, -0.15) is 5.26 Å². The van der Waals surface area contributed by atoms with Crippen LogP contribution in [0.5, 0.6) is 0 Å². The van der Waals surface area contributed by atoms with Crippen LogP contribution in [0.2, 0.25) is 0 Å². The Morgan fingerprint density at radius 1 is 1.35 bits per heavy atom. The van der Waals surface area contributed by atoms with Gasteiger partial charge in [-0.05, 0) is 24.1 Å². The van der Waals surface area contributed by atoms with Crippen molar-refractivity contribution in [3.63, 3.8) is 0 Å². The molecule has 0 amide bonds. The van der Waals surface area contributed by atoms with Crippen molar-refractivity contribution < 1.29 is 4.39 Å².